The predicted molar refractivity (Wildman–Crippen MR) is 47.9 cm³/mol. The maximum absolute atomic E-state index is 12.3. The molecule has 3 nitrogen and oxygen atoms in total. The first kappa shape index (κ1) is 10.2. The summed E-state index contributed by atoms with van der Waals surface area (Å²) in [5.41, 5.74) is 5.11. The van der Waals surface area contributed by atoms with E-state index >= 15 is 0 Å². The van der Waals surface area contributed by atoms with Gasteiger partial charge in [-0.25, -0.2) is 13.8 Å². The topological polar surface area (TPSA) is 48.1 Å². The number of nitrogens with zero attached hydrogens (tertiary/aromatic N) is 1. The molecule has 1 aromatic rings. The van der Waals surface area contributed by atoms with E-state index in [0.717, 1.165) is 6.20 Å². The van der Waals surface area contributed by atoms with Gasteiger partial charge in [0.25, 0.3) is 6.43 Å². The molecule has 1 aromatic heterocycles. The van der Waals surface area contributed by atoms with Crippen molar-refractivity contribution in [1.82, 2.24) is 4.98 Å². The number of anilines is 1. The van der Waals surface area contributed by atoms with E-state index in [1.165, 1.54) is 7.11 Å². The van der Waals surface area contributed by atoms with E-state index in [9.17, 15) is 8.78 Å². The van der Waals surface area contributed by atoms with Gasteiger partial charge in [0.2, 0.25) is 0 Å². The third-order valence-electron chi connectivity index (χ3n) is 1.47. The van der Waals surface area contributed by atoms with Gasteiger partial charge in [0.05, 0.1) is 12.7 Å². The van der Waals surface area contributed by atoms with Crippen molar-refractivity contribution in [3.05, 3.63) is 16.2 Å². The molecule has 0 radical (unpaired) electrons. The predicted octanol–water partition coefficient (Wildman–Crippen LogP) is 2.37. The molecule has 1 rings (SSSR count). The number of hydrogen-bond donors (Lipinski definition) is 1. The summed E-state index contributed by atoms with van der Waals surface area (Å²) < 4.78 is 29.7. The van der Waals surface area contributed by atoms with E-state index < -0.39 is 6.43 Å². The number of pyridine rings is 1. The van der Waals surface area contributed by atoms with Crippen molar-refractivity contribution in [2.75, 3.05) is 12.8 Å². The molecule has 0 bridgehead atoms. The molecular weight excluding hydrogens is 246 g/mol. The molecule has 2 N–H and O–H groups in total. The van der Waals surface area contributed by atoms with Gasteiger partial charge >= 0.3 is 0 Å². The van der Waals surface area contributed by atoms with Crippen LogP contribution in [0, 0.1) is 0 Å². The van der Waals surface area contributed by atoms with Gasteiger partial charge in [-0.15, -0.1) is 0 Å². The molecule has 0 spiro atoms. The van der Waals surface area contributed by atoms with Gasteiger partial charge in [-0.05, 0) is 15.9 Å². The Kier molecular flexibility index (Phi) is 3.02. The minimum absolute atomic E-state index is 0.0301. The molecule has 0 aromatic carbocycles. The summed E-state index contributed by atoms with van der Waals surface area (Å²) in [6.07, 6.45) is -1.62. The molecule has 72 valence electrons. The van der Waals surface area contributed by atoms with Gasteiger partial charge < -0.3 is 10.5 Å². The highest BCUT2D eigenvalue weighted by atomic mass is 79.9. The molecule has 0 aliphatic carbocycles. The zero-order valence-corrected chi connectivity index (χ0v) is 8.31. The Morgan fingerprint density at radius 1 is 1.62 bits per heavy atom. The fraction of sp³-hybridized carbons (Fsp3) is 0.286. The van der Waals surface area contributed by atoms with Gasteiger partial charge in [0.1, 0.15) is 16.0 Å². The summed E-state index contributed by atoms with van der Waals surface area (Å²) in [4.78, 5) is 3.58. The number of nitrogens with two attached hydrogens (primary N) is 1. The zero-order chi connectivity index (χ0) is 10.0. The number of rotatable bonds is 2. The van der Waals surface area contributed by atoms with Crippen molar-refractivity contribution in [1.29, 1.82) is 0 Å². The highest BCUT2D eigenvalue weighted by Gasteiger charge is 2.18. The lowest BCUT2D eigenvalue weighted by Crippen LogP contribution is -1.99. The third-order valence-corrected chi connectivity index (χ3v) is 2.23. The van der Waals surface area contributed by atoms with E-state index in [2.05, 4.69) is 20.9 Å². The molecule has 13 heavy (non-hydrogen) atoms. The van der Waals surface area contributed by atoms with Gasteiger partial charge in [-0.1, -0.05) is 0 Å². The highest BCUT2D eigenvalue weighted by molar-refractivity contribution is 9.10. The van der Waals surface area contributed by atoms with Crippen molar-refractivity contribution in [2.24, 2.45) is 0 Å². The third kappa shape index (κ3) is 1.88. The quantitative estimate of drug-likeness (QED) is 0.880. The largest absolute Gasteiger partial charge is 0.495 e. The summed E-state index contributed by atoms with van der Waals surface area (Å²) in [6.45, 7) is 0. The fourth-order valence-corrected chi connectivity index (χ4v) is 1.35. The smallest absolute Gasteiger partial charge is 0.268 e. The molecular formula is C7H7BrF2N2O. The lowest BCUT2D eigenvalue weighted by Gasteiger charge is -2.09. The molecule has 0 unspecified atom stereocenters. The molecule has 0 aliphatic rings. The second kappa shape index (κ2) is 3.87. The van der Waals surface area contributed by atoms with Gasteiger partial charge in [-0.3, -0.25) is 0 Å². The Morgan fingerprint density at radius 3 is 2.69 bits per heavy atom. The monoisotopic (exact) mass is 252 g/mol. The fourth-order valence-electron chi connectivity index (χ4n) is 0.860. The number of hydrogen-bond acceptors (Lipinski definition) is 3. The molecule has 0 fully saturated rings. The van der Waals surface area contributed by atoms with E-state index in [1.807, 2.05) is 0 Å². The first-order valence-electron chi connectivity index (χ1n) is 3.34. The van der Waals surface area contributed by atoms with Gasteiger partial charge in [-0.2, -0.15) is 0 Å². The lowest BCUT2D eigenvalue weighted by atomic mass is 10.2. The normalized spacial score (nSPS) is 10.5. The number of aromatic nitrogens is 1. The SMILES string of the molecule is COc1c(C(F)F)cnc(N)c1Br. The number of methoxy groups -OCH3 is 1. The minimum Gasteiger partial charge on any atom is -0.495 e. The Hall–Kier alpha value is -0.910. The van der Waals surface area contributed by atoms with Crippen LogP contribution in [0.25, 0.3) is 0 Å². The summed E-state index contributed by atoms with van der Waals surface area (Å²) in [5.74, 6) is 0.156. The molecule has 1 heterocycles. The Morgan fingerprint density at radius 2 is 2.23 bits per heavy atom. The van der Waals surface area contributed by atoms with Crippen LogP contribution in [-0.2, 0) is 0 Å². The average Bonchev–Trinajstić information content (AvgIpc) is 2.09. The second-order valence-corrected chi connectivity index (χ2v) is 3.04. The zero-order valence-electron chi connectivity index (χ0n) is 6.72. The van der Waals surface area contributed by atoms with Gasteiger partial charge in [0.15, 0.2) is 0 Å². The Bertz CT molecular complexity index is 320. The van der Waals surface area contributed by atoms with Crippen LogP contribution >= 0.6 is 15.9 Å². The Labute approximate surface area is 82.0 Å². The van der Waals surface area contributed by atoms with Crippen molar-refractivity contribution < 1.29 is 13.5 Å². The summed E-state index contributed by atoms with van der Waals surface area (Å²) in [5, 5.41) is 0. The van der Waals surface area contributed by atoms with Crippen molar-refractivity contribution >= 4 is 21.7 Å². The lowest BCUT2D eigenvalue weighted by molar-refractivity contribution is 0.146. The van der Waals surface area contributed by atoms with E-state index in [1.54, 1.807) is 0 Å². The van der Waals surface area contributed by atoms with Gasteiger partial charge in [0, 0.05) is 6.20 Å². The van der Waals surface area contributed by atoms with Crippen LogP contribution < -0.4 is 10.5 Å². The van der Waals surface area contributed by atoms with E-state index in [0.29, 0.717) is 0 Å². The molecule has 0 aliphatic heterocycles. The van der Waals surface area contributed by atoms with Crippen LogP contribution in [0.1, 0.15) is 12.0 Å². The van der Waals surface area contributed by atoms with E-state index in [4.69, 9.17) is 10.5 Å². The number of ether oxygens (including phenoxy) is 1. The molecule has 0 saturated carbocycles. The second-order valence-electron chi connectivity index (χ2n) is 2.25. The van der Waals surface area contributed by atoms with Crippen LogP contribution in [0.3, 0.4) is 0 Å². The first-order valence-corrected chi connectivity index (χ1v) is 4.13. The first-order chi connectivity index (χ1) is 6.07. The summed E-state index contributed by atoms with van der Waals surface area (Å²) >= 11 is 3.01. The maximum Gasteiger partial charge on any atom is 0.268 e. The van der Waals surface area contributed by atoms with Crippen LogP contribution in [0.5, 0.6) is 5.75 Å². The molecule has 0 amide bonds. The van der Waals surface area contributed by atoms with Crippen LogP contribution in [0.4, 0.5) is 14.6 Å². The summed E-state index contributed by atoms with van der Waals surface area (Å²) in [6, 6.07) is 0. The Balaban J connectivity index is 3.30. The van der Waals surface area contributed by atoms with Crippen LogP contribution in [0.2, 0.25) is 0 Å². The standard InChI is InChI=1S/C7H7BrF2N2O/c1-13-5-3(6(9)10)2-12-7(11)4(5)8/h2,6H,1H3,(H2,11,12). The molecule has 0 saturated heterocycles. The minimum atomic E-state index is -2.63. The number of halogens is 3. The summed E-state index contributed by atoms with van der Waals surface area (Å²) in [7, 11) is 1.30. The molecule has 6 heteroatoms. The number of alkyl halides is 2. The number of nitrogen functional groups attached to an aromatic ring is 1. The van der Waals surface area contributed by atoms with E-state index in [-0.39, 0.29) is 21.6 Å². The van der Waals surface area contributed by atoms with Crippen LogP contribution in [-0.4, -0.2) is 12.1 Å². The molecule has 0 atom stereocenters. The van der Waals surface area contributed by atoms with Crippen LogP contribution in [0.15, 0.2) is 10.7 Å². The highest BCUT2D eigenvalue weighted by Crippen LogP contribution is 2.37. The van der Waals surface area contributed by atoms with Crippen molar-refractivity contribution in [3.8, 4) is 5.75 Å². The maximum atomic E-state index is 12.3. The van der Waals surface area contributed by atoms with Crippen molar-refractivity contribution in [2.45, 2.75) is 6.43 Å². The average molecular weight is 253 g/mol. The van der Waals surface area contributed by atoms with Crippen molar-refractivity contribution in [3.63, 3.8) is 0 Å².